The number of anilines is 3. The molecule has 9 aromatic rings. The molecule has 3 heteroatoms. The molecule has 1 atom stereocenters. The Morgan fingerprint density at radius 3 is 1.79 bits per heavy atom. The van der Waals surface area contributed by atoms with Crippen LogP contribution in [-0.4, -0.2) is 4.57 Å². The number of hydrogen-bond donors (Lipinski definition) is 0. The van der Waals surface area contributed by atoms with E-state index in [9.17, 15) is 0 Å². The van der Waals surface area contributed by atoms with Crippen LogP contribution in [0.25, 0.3) is 38.6 Å². The maximum atomic E-state index is 7.05. The summed E-state index contributed by atoms with van der Waals surface area (Å²) < 4.78 is 9.53. The summed E-state index contributed by atoms with van der Waals surface area (Å²) in [5, 5.41) is 2.53. The lowest BCUT2D eigenvalue weighted by Crippen LogP contribution is -2.37. The summed E-state index contributed by atoms with van der Waals surface area (Å²) in [5.41, 5.74) is 13.4. The van der Waals surface area contributed by atoms with Crippen LogP contribution in [0.2, 0.25) is 0 Å². The number of ether oxygens (including phenoxy) is 1. The van der Waals surface area contributed by atoms with Crippen LogP contribution in [0.5, 0.6) is 11.5 Å². The SMILES string of the molecule is c1ccc(N(c2ccccc2)c2ccc(-c3cccc4c3Oc3ccccc3C43c4ccccc4-n4c5ccccc5c5cccc3c54)cc2)cc1. The molecule has 0 amide bonds. The number of benzene rings is 8. The van der Waals surface area contributed by atoms with E-state index in [4.69, 9.17) is 4.74 Å². The zero-order chi connectivity index (χ0) is 34.2. The number of nitrogens with zero attached hydrogens (tertiary/aromatic N) is 2. The summed E-state index contributed by atoms with van der Waals surface area (Å²) in [6.07, 6.45) is 0. The Hall–Kier alpha value is -6.84. The maximum absolute atomic E-state index is 7.05. The van der Waals surface area contributed by atoms with E-state index in [-0.39, 0.29) is 0 Å². The van der Waals surface area contributed by atoms with Crippen molar-refractivity contribution in [3.63, 3.8) is 0 Å². The Kier molecular flexibility index (Phi) is 6.17. The molecule has 0 fully saturated rings. The molecule has 3 nitrogen and oxygen atoms in total. The minimum atomic E-state index is -0.599. The second kappa shape index (κ2) is 11.1. The van der Waals surface area contributed by atoms with Crippen molar-refractivity contribution in [2.75, 3.05) is 4.90 Å². The van der Waals surface area contributed by atoms with Gasteiger partial charge in [-0.15, -0.1) is 0 Å². The largest absolute Gasteiger partial charge is 0.456 e. The fourth-order valence-corrected chi connectivity index (χ4v) is 8.96. The molecule has 11 rings (SSSR count). The summed E-state index contributed by atoms with van der Waals surface area (Å²) in [6.45, 7) is 0. The standard InChI is InChI=1S/C49H32N2O/c1-3-15-34(16-4-1)50(35-17-5-2-6-18-35)36-31-29-33(30-32-36)37-20-13-25-43-48(37)52-46-28-12-9-23-41(46)49(43)40-22-8-11-27-45(40)51-44-26-10-7-19-38(44)39-21-14-24-42(49)47(39)51/h1-32H. The van der Waals surface area contributed by atoms with Gasteiger partial charge in [0.2, 0.25) is 0 Å². The van der Waals surface area contributed by atoms with Crippen molar-refractivity contribution < 1.29 is 4.74 Å². The van der Waals surface area contributed by atoms with E-state index in [2.05, 4.69) is 204 Å². The molecular formula is C49H32N2O. The number of aromatic nitrogens is 1. The fourth-order valence-electron chi connectivity index (χ4n) is 8.96. The lowest BCUT2D eigenvalue weighted by atomic mass is 9.61. The highest BCUT2D eigenvalue weighted by Gasteiger charge is 2.50. The van der Waals surface area contributed by atoms with E-state index in [1.807, 2.05) is 0 Å². The molecule has 2 aliphatic rings. The van der Waals surface area contributed by atoms with Gasteiger partial charge in [-0.3, -0.25) is 0 Å². The molecule has 0 saturated carbocycles. The van der Waals surface area contributed by atoms with E-state index in [1.165, 1.54) is 38.6 Å². The number of fused-ring (bicyclic) bond motifs is 11. The normalized spacial score (nSPS) is 15.2. The molecule has 1 unspecified atom stereocenters. The summed E-state index contributed by atoms with van der Waals surface area (Å²) in [7, 11) is 0. The van der Waals surface area contributed by atoms with Crippen molar-refractivity contribution in [2.24, 2.45) is 0 Å². The van der Waals surface area contributed by atoms with Crippen LogP contribution >= 0.6 is 0 Å². The van der Waals surface area contributed by atoms with Gasteiger partial charge in [0, 0.05) is 44.5 Å². The lowest BCUT2D eigenvalue weighted by Gasteiger charge is -2.45. The molecule has 52 heavy (non-hydrogen) atoms. The highest BCUT2D eigenvalue weighted by atomic mass is 16.5. The number of para-hydroxylation sites is 7. The topological polar surface area (TPSA) is 17.4 Å². The minimum absolute atomic E-state index is 0.599. The van der Waals surface area contributed by atoms with Gasteiger partial charge in [0.1, 0.15) is 11.5 Å². The maximum Gasteiger partial charge on any atom is 0.140 e. The quantitative estimate of drug-likeness (QED) is 0.186. The zero-order valence-electron chi connectivity index (χ0n) is 28.3. The van der Waals surface area contributed by atoms with Crippen LogP contribution in [0.4, 0.5) is 17.1 Å². The van der Waals surface area contributed by atoms with Crippen LogP contribution in [0.15, 0.2) is 194 Å². The average molecular weight is 665 g/mol. The van der Waals surface area contributed by atoms with E-state index >= 15 is 0 Å². The Morgan fingerprint density at radius 2 is 1.00 bits per heavy atom. The fraction of sp³-hybridized carbons (Fsp3) is 0.0204. The van der Waals surface area contributed by atoms with Gasteiger partial charge in [-0.05, 0) is 71.3 Å². The predicted octanol–water partition coefficient (Wildman–Crippen LogP) is 12.7. The smallest absolute Gasteiger partial charge is 0.140 e. The van der Waals surface area contributed by atoms with Crippen molar-refractivity contribution >= 4 is 38.9 Å². The molecule has 244 valence electrons. The molecule has 8 aromatic carbocycles. The molecule has 0 saturated heterocycles. The van der Waals surface area contributed by atoms with Crippen LogP contribution in [0, 0.1) is 0 Å². The van der Waals surface area contributed by atoms with Gasteiger partial charge in [-0.25, -0.2) is 0 Å². The van der Waals surface area contributed by atoms with Gasteiger partial charge in [0.05, 0.1) is 22.1 Å². The van der Waals surface area contributed by atoms with Gasteiger partial charge in [0.25, 0.3) is 0 Å². The van der Waals surface area contributed by atoms with Gasteiger partial charge in [-0.1, -0.05) is 140 Å². The molecular weight excluding hydrogens is 633 g/mol. The van der Waals surface area contributed by atoms with Crippen molar-refractivity contribution in [2.45, 2.75) is 5.41 Å². The summed E-state index contributed by atoms with van der Waals surface area (Å²) in [4.78, 5) is 2.30. The molecule has 3 heterocycles. The van der Waals surface area contributed by atoms with Gasteiger partial charge < -0.3 is 14.2 Å². The molecule has 0 aliphatic carbocycles. The number of rotatable bonds is 4. The van der Waals surface area contributed by atoms with E-state index < -0.39 is 5.41 Å². The van der Waals surface area contributed by atoms with Crippen LogP contribution in [-0.2, 0) is 5.41 Å². The first kappa shape index (κ1) is 28.9. The first-order chi connectivity index (χ1) is 25.8. The molecule has 0 bridgehead atoms. The van der Waals surface area contributed by atoms with E-state index in [0.717, 1.165) is 50.8 Å². The Balaban J connectivity index is 1.16. The number of hydrogen-bond acceptors (Lipinski definition) is 2. The van der Waals surface area contributed by atoms with Crippen molar-refractivity contribution in [3.05, 3.63) is 216 Å². The van der Waals surface area contributed by atoms with Gasteiger partial charge >= 0.3 is 0 Å². The third-order valence-electron chi connectivity index (χ3n) is 11.0. The van der Waals surface area contributed by atoms with Crippen molar-refractivity contribution in [1.29, 1.82) is 0 Å². The summed E-state index contributed by atoms with van der Waals surface area (Å²) in [6, 6.07) is 69.9. The second-order valence-corrected chi connectivity index (χ2v) is 13.7. The monoisotopic (exact) mass is 664 g/mol. The second-order valence-electron chi connectivity index (χ2n) is 13.7. The predicted molar refractivity (Wildman–Crippen MR) is 213 cm³/mol. The first-order valence-corrected chi connectivity index (χ1v) is 17.9. The van der Waals surface area contributed by atoms with Crippen LogP contribution in [0.3, 0.4) is 0 Å². The highest BCUT2D eigenvalue weighted by Crippen LogP contribution is 2.61. The summed E-state index contributed by atoms with van der Waals surface area (Å²) >= 11 is 0. The highest BCUT2D eigenvalue weighted by molar-refractivity contribution is 6.12. The zero-order valence-corrected chi connectivity index (χ0v) is 28.3. The van der Waals surface area contributed by atoms with Crippen molar-refractivity contribution in [3.8, 4) is 28.3 Å². The Bertz CT molecular complexity index is 2780. The minimum Gasteiger partial charge on any atom is -0.456 e. The van der Waals surface area contributed by atoms with Gasteiger partial charge in [0.15, 0.2) is 0 Å². The molecule has 0 radical (unpaired) electrons. The third-order valence-corrected chi connectivity index (χ3v) is 11.0. The Labute approximate surface area is 302 Å². The van der Waals surface area contributed by atoms with Crippen LogP contribution in [0.1, 0.15) is 22.3 Å². The lowest BCUT2D eigenvalue weighted by molar-refractivity contribution is 0.435. The van der Waals surface area contributed by atoms with E-state index in [0.29, 0.717) is 0 Å². The van der Waals surface area contributed by atoms with Gasteiger partial charge in [-0.2, -0.15) is 0 Å². The Morgan fingerprint density at radius 1 is 0.423 bits per heavy atom. The van der Waals surface area contributed by atoms with Crippen LogP contribution < -0.4 is 9.64 Å². The first-order valence-electron chi connectivity index (χ1n) is 17.9. The van der Waals surface area contributed by atoms with E-state index in [1.54, 1.807) is 0 Å². The molecule has 0 N–H and O–H groups in total. The average Bonchev–Trinajstić information content (AvgIpc) is 3.56. The third kappa shape index (κ3) is 3.91. The summed E-state index contributed by atoms with van der Waals surface area (Å²) in [5.74, 6) is 1.78. The molecule has 1 aromatic heterocycles. The molecule has 1 spiro atoms. The molecule has 2 aliphatic heterocycles. The van der Waals surface area contributed by atoms with Crippen molar-refractivity contribution in [1.82, 2.24) is 4.57 Å².